The first-order valence-corrected chi connectivity index (χ1v) is 10.5. The van der Waals surface area contributed by atoms with Gasteiger partial charge in [0, 0.05) is 29.5 Å². The second-order valence-electron chi connectivity index (χ2n) is 6.40. The van der Waals surface area contributed by atoms with Gasteiger partial charge in [0.2, 0.25) is 10.0 Å². The zero-order valence-corrected chi connectivity index (χ0v) is 17.7. The van der Waals surface area contributed by atoms with Crippen molar-refractivity contribution in [2.24, 2.45) is 0 Å². The Morgan fingerprint density at radius 2 is 2.07 bits per heavy atom. The average Bonchev–Trinajstić information content (AvgIpc) is 3.20. The van der Waals surface area contributed by atoms with E-state index in [0.717, 1.165) is 11.3 Å². The van der Waals surface area contributed by atoms with Gasteiger partial charge >= 0.3 is 0 Å². The van der Waals surface area contributed by atoms with Crippen molar-refractivity contribution in [3.8, 4) is 0 Å². The summed E-state index contributed by atoms with van der Waals surface area (Å²) < 4.78 is 46.3. The molecule has 1 aromatic carbocycles. The third kappa shape index (κ3) is 5.17. The molecule has 1 aliphatic rings. The minimum Gasteiger partial charge on any atom is -0.380 e. The van der Waals surface area contributed by atoms with Crippen LogP contribution in [0.1, 0.15) is 32.8 Å². The largest absolute Gasteiger partial charge is 0.380 e. The summed E-state index contributed by atoms with van der Waals surface area (Å²) in [5.41, 5.74) is 1.56. The topological polar surface area (TPSA) is 72.5 Å². The Morgan fingerprint density at radius 1 is 1.33 bits per heavy atom. The molecule has 0 unspecified atom stereocenters. The first-order valence-electron chi connectivity index (χ1n) is 8.25. The third-order valence-corrected chi connectivity index (χ3v) is 7.34. The molecule has 0 radical (unpaired) electrons. The van der Waals surface area contributed by atoms with Gasteiger partial charge in [-0.25, -0.2) is 17.5 Å². The van der Waals surface area contributed by atoms with Crippen molar-refractivity contribution in [3.05, 3.63) is 51.7 Å². The van der Waals surface area contributed by atoms with Gasteiger partial charge in [-0.15, -0.1) is 11.3 Å². The van der Waals surface area contributed by atoms with E-state index in [1.165, 1.54) is 12.1 Å². The van der Waals surface area contributed by atoms with Crippen LogP contribution >= 0.6 is 24.8 Å². The molecule has 9 heteroatoms. The molecule has 1 N–H and O–H groups in total. The first kappa shape index (κ1) is 22.0. The highest BCUT2D eigenvalue weighted by molar-refractivity contribution is 7.91. The zero-order chi connectivity index (χ0) is 18.9. The van der Waals surface area contributed by atoms with E-state index in [1.54, 1.807) is 26.0 Å². The number of ketones is 1. The number of carbonyl (C=O) groups excluding carboxylic acids is 1. The lowest BCUT2D eigenvalue weighted by Crippen LogP contribution is -2.34. The van der Waals surface area contributed by atoms with Crippen molar-refractivity contribution in [3.63, 3.8) is 0 Å². The molecule has 1 saturated heterocycles. The van der Waals surface area contributed by atoms with Gasteiger partial charge in [0.1, 0.15) is 10.0 Å². The van der Waals surface area contributed by atoms with E-state index in [1.807, 2.05) is 0 Å². The third-order valence-electron chi connectivity index (χ3n) is 4.30. The van der Waals surface area contributed by atoms with E-state index in [9.17, 15) is 17.6 Å². The molecule has 27 heavy (non-hydrogen) atoms. The predicted octanol–water partition coefficient (Wildman–Crippen LogP) is 3.11. The van der Waals surface area contributed by atoms with Gasteiger partial charge in [-0.1, -0.05) is 12.1 Å². The Balaban J connectivity index is 0.00000261. The minimum atomic E-state index is -3.68. The summed E-state index contributed by atoms with van der Waals surface area (Å²) >= 11 is 1.08. The van der Waals surface area contributed by atoms with Gasteiger partial charge in [0.25, 0.3) is 0 Å². The molecule has 1 fully saturated rings. The number of nitrogens with one attached hydrogen (secondary N) is 1. The van der Waals surface area contributed by atoms with Crippen LogP contribution in [0.3, 0.4) is 0 Å². The van der Waals surface area contributed by atoms with Crippen molar-refractivity contribution in [2.45, 2.75) is 36.9 Å². The summed E-state index contributed by atoms with van der Waals surface area (Å²) in [4.78, 5) is 13.2. The second kappa shape index (κ2) is 8.83. The molecule has 1 aliphatic heterocycles. The van der Waals surface area contributed by atoms with Crippen molar-refractivity contribution in [1.82, 2.24) is 4.72 Å². The minimum absolute atomic E-state index is 0. The van der Waals surface area contributed by atoms with Gasteiger partial charge in [-0.3, -0.25) is 4.79 Å². The number of benzene rings is 1. The van der Waals surface area contributed by atoms with Gasteiger partial charge < -0.3 is 4.74 Å². The summed E-state index contributed by atoms with van der Waals surface area (Å²) in [7, 11) is -3.68. The monoisotopic (exact) mass is 431 g/mol. The molecular weight excluding hydrogens is 409 g/mol. The van der Waals surface area contributed by atoms with Gasteiger partial charge in [-0.2, -0.15) is 13.5 Å². The number of ether oxygens (including phenoxy) is 1. The van der Waals surface area contributed by atoms with E-state index < -0.39 is 10.0 Å². The number of hydrogen-bond donors (Lipinski definition) is 1. The van der Waals surface area contributed by atoms with Crippen molar-refractivity contribution in [2.75, 3.05) is 13.2 Å². The predicted molar refractivity (Wildman–Crippen MR) is 108 cm³/mol. The molecular formula is C18H22FNO4S3. The maximum absolute atomic E-state index is 13.4. The molecule has 1 atom stereocenters. The number of hydrogen-bond acceptors (Lipinski definition) is 5. The number of Topliss-reactive ketones (excluding diaryl/α,β-unsaturated/α-hetero) is 1. The van der Waals surface area contributed by atoms with Gasteiger partial charge in [0.05, 0.1) is 6.61 Å². The Hall–Kier alpha value is -1.26. The van der Waals surface area contributed by atoms with E-state index in [0.29, 0.717) is 41.2 Å². The number of thiophene rings is 1. The lowest BCUT2D eigenvalue weighted by molar-refractivity contribution is 0.0992. The van der Waals surface area contributed by atoms with Crippen LogP contribution < -0.4 is 4.72 Å². The molecule has 0 bridgehead atoms. The SMILES string of the molecule is Cc1cc(CC(=O)c2cc(S(=O)(=O)N[C@H]3CCOC3)sc2C)ccc1F.S. The number of sulfonamides is 1. The van der Waals surface area contributed by atoms with Crippen LogP contribution in [-0.2, 0) is 21.2 Å². The van der Waals surface area contributed by atoms with Crippen LogP contribution in [0.15, 0.2) is 28.5 Å². The second-order valence-corrected chi connectivity index (χ2v) is 9.60. The number of halogens is 1. The lowest BCUT2D eigenvalue weighted by Gasteiger charge is -2.09. The molecule has 0 saturated carbocycles. The van der Waals surface area contributed by atoms with Crippen LogP contribution in [0.4, 0.5) is 4.39 Å². The average molecular weight is 432 g/mol. The molecule has 1 aromatic heterocycles. The van der Waals surface area contributed by atoms with E-state index in [-0.39, 0.29) is 41.8 Å². The highest BCUT2D eigenvalue weighted by Gasteiger charge is 2.26. The fourth-order valence-electron chi connectivity index (χ4n) is 2.87. The molecule has 2 aromatic rings. The molecule has 2 heterocycles. The Kier molecular flexibility index (Phi) is 7.20. The lowest BCUT2D eigenvalue weighted by atomic mass is 10.0. The summed E-state index contributed by atoms with van der Waals surface area (Å²) in [6.07, 6.45) is 0.737. The van der Waals surface area contributed by atoms with Crippen molar-refractivity contribution < 1.29 is 22.3 Å². The number of rotatable bonds is 6. The van der Waals surface area contributed by atoms with Gasteiger partial charge in [0.15, 0.2) is 5.78 Å². The highest BCUT2D eigenvalue weighted by Crippen LogP contribution is 2.27. The van der Waals surface area contributed by atoms with Crippen LogP contribution in [0.2, 0.25) is 0 Å². The molecule has 0 amide bonds. The zero-order valence-electron chi connectivity index (χ0n) is 15.0. The highest BCUT2D eigenvalue weighted by atomic mass is 32.2. The van der Waals surface area contributed by atoms with Crippen LogP contribution in [0.25, 0.3) is 0 Å². The first-order chi connectivity index (χ1) is 12.3. The van der Waals surface area contributed by atoms with E-state index in [4.69, 9.17) is 4.74 Å². The maximum Gasteiger partial charge on any atom is 0.250 e. The smallest absolute Gasteiger partial charge is 0.250 e. The van der Waals surface area contributed by atoms with E-state index >= 15 is 0 Å². The summed E-state index contributed by atoms with van der Waals surface area (Å²) in [6, 6.07) is 5.73. The molecule has 3 rings (SSSR count). The van der Waals surface area contributed by atoms with Crippen LogP contribution in [0.5, 0.6) is 0 Å². The Morgan fingerprint density at radius 3 is 2.70 bits per heavy atom. The number of carbonyl (C=O) groups is 1. The summed E-state index contributed by atoms with van der Waals surface area (Å²) in [5, 5.41) is 0. The van der Waals surface area contributed by atoms with Crippen LogP contribution in [-0.4, -0.2) is 33.5 Å². The fraction of sp³-hybridized carbons (Fsp3) is 0.389. The number of aryl methyl sites for hydroxylation is 2. The molecule has 148 valence electrons. The standard InChI is InChI=1S/C18H20FNO4S2.H2S/c1-11-7-13(3-4-16(11)19)8-17(21)15-9-18(25-12(15)2)26(22,23)20-14-5-6-24-10-14;/h3-4,7,9,14,20H,5-6,8,10H2,1-2H3;1H2/t14-;/m0./s1. The Bertz CT molecular complexity index is 934. The van der Waals surface area contributed by atoms with Gasteiger partial charge in [-0.05, 0) is 43.5 Å². The Labute approximate surface area is 169 Å². The van der Waals surface area contributed by atoms with Crippen molar-refractivity contribution in [1.29, 1.82) is 0 Å². The normalized spacial score (nSPS) is 16.9. The fourth-order valence-corrected chi connectivity index (χ4v) is 5.60. The molecule has 0 spiro atoms. The molecule has 5 nitrogen and oxygen atoms in total. The molecule has 0 aliphatic carbocycles. The van der Waals surface area contributed by atoms with Crippen LogP contribution in [0, 0.1) is 19.7 Å². The van der Waals surface area contributed by atoms with E-state index in [2.05, 4.69) is 4.72 Å². The summed E-state index contributed by atoms with van der Waals surface area (Å²) in [5.74, 6) is -0.501. The van der Waals surface area contributed by atoms with Crippen molar-refractivity contribution >= 4 is 40.6 Å². The maximum atomic E-state index is 13.4. The quantitative estimate of drug-likeness (QED) is 0.714. The summed E-state index contributed by atoms with van der Waals surface area (Å²) in [6.45, 7) is 4.27.